The number of hydrogen-bond acceptors (Lipinski definition) is 4. The number of methoxy groups -OCH3 is 1. The molecule has 0 aliphatic carbocycles. The first-order valence-electron chi connectivity index (χ1n) is 6.57. The minimum Gasteiger partial charge on any atom is -0.494 e. The van der Waals surface area contributed by atoms with E-state index in [9.17, 15) is 9.90 Å². The van der Waals surface area contributed by atoms with Gasteiger partial charge in [-0.3, -0.25) is 4.79 Å². The number of nitrogen functional groups attached to an aromatic ring is 1. The van der Waals surface area contributed by atoms with Gasteiger partial charge in [0.05, 0.1) is 24.5 Å². The maximum atomic E-state index is 12.2. The normalized spacial score (nSPS) is 11.7. The van der Waals surface area contributed by atoms with Gasteiger partial charge < -0.3 is 20.9 Å². The molecule has 1 amide bonds. The number of para-hydroxylation sites is 1. The van der Waals surface area contributed by atoms with E-state index >= 15 is 0 Å². The highest BCUT2D eigenvalue weighted by atomic mass is 16.5. The average molecular weight is 286 g/mol. The van der Waals surface area contributed by atoms with Crippen molar-refractivity contribution < 1.29 is 14.6 Å². The summed E-state index contributed by atoms with van der Waals surface area (Å²) in [6.45, 7) is 0.112. The predicted molar refractivity (Wildman–Crippen MR) is 81.1 cm³/mol. The second-order valence-electron chi connectivity index (χ2n) is 4.56. The van der Waals surface area contributed by atoms with Crippen LogP contribution in [-0.2, 0) is 0 Å². The minimum absolute atomic E-state index is 0.112. The zero-order valence-corrected chi connectivity index (χ0v) is 11.7. The van der Waals surface area contributed by atoms with Crippen molar-refractivity contribution in [1.29, 1.82) is 0 Å². The largest absolute Gasteiger partial charge is 0.494 e. The van der Waals surface area contributed by atoms with Gasteiger partial charge in [-0.25, -0.2) is 0 Å². The lowest BCUT2D eigenvalue weighted by Gasteiger charge is -2.14. The summed E-state index contributed by atoms with van der Waals surface area (Å²) >= 11 is 0. The Bertz CT molecular complexity index is 614. The molecule has 2 rings (SSSR count). The Morgan fingerprint density at radius 1 is 1.24 bits per heavy atom. The molecule has 0 fully saturated rings. The number of benzene rings is 2. The molecular weight excluding hydrogens is 268 g/mol. The third-order valence-electron chi connectivity index (χ3n) is 3.13. The van der Waals surface area contributed by atoms with Crippen molar-refractivity contribution in [3.63, 3.8) is 0 Å². The van der Waals surface area contributed by atoms with E-state index in [-0.39, 0.29) is 12.5 Å². The van der Waals surface area contributed by atoms with Gasteiger partial charge in [0.2, 0.25) is 0 Å². The molecule has 0 saturated carbocycles. The van der Waals surface area contributed by atoms with E-state index in [1.807, 2.05) is 18.2 Å². The lowest BCUT2D eigenvalue weighted by molar-refractivity contribution is 0.0913. The number of ether oxygens (including phenoxy) is 1. The standard InChI is InChI=1S/C16H18N2O3/c1-21-15-12(8-5-9-13(15)17)16(20)18-10-14(19)11-6-3-2-4-7-11/h2-9,14,19H,10,17H2,1H3,(H,18,20). The molecule has 0 heterocycles. The van der Waals surface area contributed by atoms with Crippen molar-refractivity contribution in [2.45, 2.75) is 6.10 Å². The number of nitrogens with two attached hydrogens (primary N) is 1. The summed E-state index contributed by atoms with van der Waals surface area (Å²) in [6.07, 6.45) is -0.762. The molecular formula is C16H18N2O3. The number of aliphatic hydroxyl groups is 1. The number of anilines is 1. The van der Waals surface area contributed by atoms with Crippen LogP contribution in [0, 0.1) is 0 Å². The summed E-state index contributed by atoms with van der Waals surface area (Å²) < 4.78 is 5.14. The van der Waals surface area contributed by atoms with Crippen LogP contribution in [0.2, 0.25) is 0 Å². The molecule has 2 aromatic rings. The maximum Gasteiger partial charge on any atom is 0.255 e. The van der Waals surface area contributed by atoms with Crippen molar-refractivity contribution in [1.82, 2.24) is 5.32 Å². The number of rotatable bonds is 5. The number of nitrogens with one attached hydrogen (secondary N) is 1. The highest BCUT2D eigenvalue weighted by Gasteiger charge is 2.15. The van der Waals surface area contributed by atoms with E-state index in [1.165, 1.54) is 7.11 Å². The van der Waals surface area contributed by atoms with Crippen molar-refractivity contribution in [2.75, 3.05) is 19.4 Å². The van der Waals surface area contributed by atoms with E-state index in [0.29, 0.717) is 17.0 Å². The first-order valence-corrected chi connectivity index (χ1v) is 6.57. The monoisotopic (exact) mass is 286 g/mol. The molecule has 0 aromatic heterocycles. The summed E-state index contributed by atoms with van der Waals surface area (Å²) in [5.41, 5.74) is 7.25. The van der Waals surface area contributed by atoms with Crippen LogP contribution in [0.15, 0.2) is 48.5 Å². The van der Waals surface area contributed by atoms with Crippen LogP contribution in [0.4, 0.5) is 5.69 Å². The van der Waals surface area contributed by atoms with Crippen LogP contribution in [-0.4, -0.2) is 24.7 Å². The van der Waals surface area contributed by atoms with Gasteiger partial charge in [0.15, 0.2) is 5.75 Å². The molecule has 0 saturated heterocycles. The summed E-state index contributed by atoms with van der Waals surface area (Å²) in [5, 5.41) is 12.7. The van der Waals surface area contributed by atoms with E-state index in [2.05, 4.69) is 5.32 Å². The third kappa shape index (κ3) is 3.52. The molecule has 0 bridgehead atoms. The lowest BCUT2D eigenvalue weighted by Crippen LogP contribution is -2.28. The van der Waals surface area contributed by atoms with Crippen LogP contribution < -0.4 is 15.8 Å². The summed E-state index contributed by atoms with van der Waals surface area (Å²) in [6, 6.07) is 14.1. The zero-order valence-electron chi connectivity index (χ0n) is 11.7. The van der Waals surface area contributed by atoms with Crippen LogP contribution in [0.1, 0.15) is 22.0 Å². The molecule has 0 spiro atoms. The molecule has 110 valence electrons. The van der Waals surface area contributed by atoms with Gasteiger partial charge in [-0.1, -0.05) is 36.4 Å². The van der Waals surface area contributed by atoms with Gasteiger partial charge in [0, 0.05) is 6.54 Å². The summed E-state index contributed by atoms with van der Waals surface area (Å²) in [4.78, 5) is 12.2. The molecule has 1 atom stereocenters. The number of amides is 1. The first-order chi connectivity index (χ1) is 10.1. The molecule has 0 aliphatic rings. The quantitative estimate of drug-likeness (QED) is 0.731. The van der Waals surface area contributed by atoms with Crippen LogP contribution in [0.3, 0.4) is 0 Å². The topological polar surface area (TPSA) is 84.6 Å². The minimum atomic E-state index is -0.762. The van der Waals surface area contributed by atoms with Gasteiger partial charge in [-0.2, -0.15) is 0 Å². The Morgan fingerprint density at radius 2 is 1.95 bits per heavy atom. The first kappa shape index (κ1) is 14.9. The summed E-state index contributed by atoms with van der Waals surface area (Å²) in [5.74, 6) is -0.00154. The van der Waals surface area contributed by atoms with Crippen molar-refractivity contribution >= 4 is 11.6 Å². The molecule has 21 heavy (non-hydrogen) atoms. The smallest absolute Gasteiger partial charge is 0.255 e. The average Bonchev–Trinajstić information content (AvgIpc) is 2.52. The van der Waals surface area contributed by atoms with E-state index in [0.717, 1.165) is 5.56 Å². The molecule has 5 nitrogen and oxygen atoms in total. The molecule has 5 heteroatoms. The summed E-state index contributed by atoms with van der Waals surface area (Å²) in [7, 11) is 1.46. The zero-order chi connectivity index (χ0) is 15.2. The molecule has 0 radical (unpaired) electrons. The van der Waals surface area contributed by atoms with Gasteiger partial charge >= 0.3 is 0 Å². The molecule has 1 unspecified atom stereocenters. The highest BCUT2D eigenvalue weighted by molar-refractivity contribution is 5.98. The number of aliphatic hydroxyl groups excluding tert-OH is 1. The van der Waals surface area contributed by atoms with Gasteiger partial charge in [0.25, 0.3) is 5.91 Å². The number of hydrogen-bond donors (Lipinski definition) is 3. The van der Waals surface area contributed by atoms with E-state index < -0.39 is 6.10 Å². The van der Waals surface area contributed by atoms with E-state index in [1.54, 1.807) is 30.3 Å². The lowest BCUT2D eigenvalue weighted by atomic mass is 10.1. The number of carbonyl (C=O) groups is 1. The van der Waals surface area contributed by atoms with Gasteiger partial charge in [0.1, 0.15) is 0 Å². The van der Waals surface area contributed by atoms with E-state index in [4.69, 9.17) is 10.5 Å². The van der Waals surface area contributed by atoms with Crippen LogP contribution in [0.5, 0.6) is 5.75 Å². The predicted octanol–water partition coefficient (Wildman–Crippen LogP) is 1.74. The second kappa shape index (κ2) is 6.76. The maximum absolute atomic E-state index is 12.2. The van der Waals surface area contributed by atoms with Crippen molar-refractivity contribution in [3.05, 3.63) is 59.7 Å². The Labute approximate surface area is 123 Å². The Balaban J connectivity index is 2.04. The second-order valence-corrected chi connectivity index (χ2v) is 4.56. The SMILES string of the molecule is COc1c(N)cccc1C(=O)NCC(O)c1ccccc1. The Hall–Kier alpha value is -2.53. The van der Waals surface area contributed by atoms with Gasteiger partial charge in [-0.05, 0) is 17.7 Å². The highest BCUT2D eigenvalue weighted by Crippen LogP contribution is 2.25. The fourth-order valence-electron chi connectivity index (χ4n) is 2.04. The Morgan fingerprint density at radius 3 is 2.62 bits per heavy atom. The van der Waals surface area contributed by atoms with Crippen molar-refractivity contribution in [2.24, 2.45) is 0 Å². The van der Waals surface area contributed by atoms with Gasteiger partial charge in [-0.15, -0.1) is 0 Å². The van der Waals surface area contributed by atoms with Crippen molar-refractivity contribution in [3.8, 4) is 5.75 Å². The fraction of sp³-hybridized carbons (Fsp3) is 0.188. The molecule has 0 aliphatic heterocycles. The molecule has 2 aromatic carbocycles. The van der Waals surface area contributed by atoms with Crippen LogP contribution >= 0.6 is 0 Å². The fourth-order valence-corrected chi connectivity index (χ4v) is 2.04. The third-order valence-corrected chi connectivity index (χ3v) is 3.13. The molecule has 4 N–H and O–H groups in total. The Kier molecular flexibility index (Phi) is 4.79. The van der Waals surface area contributed by atoms with Crippen LogP contribution in [0.25, 0.3) is 0 Å². The number of carbonyl (C=O) groups excluding carboxylic acids is 1.